The van der Waals surface area contributed by atoms with E-state index in [1.165, 1.54) is 0 Å². The molecule has 0 spiro atoms. The number of hydrogen-bond acceptors (Lipinski definition) is 5. The Bertz CT molecular complexity index is 862. The predicted molar refractivity (Wildman–Crippen MR) is 125 cm³/mol. The molecule has 1 heterocycles. The van der Waals surface area contributed by atoms with Crippen LogP contribution in [0.5, 0.6) is 5.75 Å². The number of benzene rings is 2. The minimum Gasteiger partial charge on any atom is -0.494 e. The number of aliphatic hydroxyl groups is 1. The molecule has 2 aromatic rings. The maximum atomic E-state index is 11.8. The molecule has 1 fully saturated rings. The van der Waals surface area contributed by atoms with Crippen molar-refractivity contribution in [3.63, 3.8) is 0 Å². The van der Waals surface area contributed by atoms with Crippen LogP contribution in [-0.2, 0) is 4.74 Å². The summed E-state index contributed by atoms with van der Waals surface area (Å²) < 4.78 is 10.5. The molecule has 1 atom stereocenters. The van der Waals surface area contributed by atoms with Gasteiger partial charge in [0.05, 0.1) is 24.9 Å². The van der Waals surface area contributed by atoms with Crippen LogP contribution in [0.25, 0.3) is 0 Å². The Morgan fingerprint density at radius 1 is 1.10 bits per heavy atom. The Morgan fingerprint density at radius 2 is 1.74 bits per heavy atom. The second kappa shape index (κ2) is 11.1. The van der Waals surface area contributed by atoms with Gasteiger partial charge in [0, 0.05) is 18.8 Å². The predicted octanol–water partition coefficient (Wildman–Crippen LogP) is 4.40. The molecule has 31 heavy (non-hydrogen) atoms. The van der Waals surface area contributed by atoms with E-state index in [1.54, 1.807) is 19.1 Å². The average Bonchev–Trinajstić information content (AvgIpc) is 2.80. The van der Waals surface area contributed by atoms with Crippen molar-refractivity contribution in [2.24, 2.45) is 5.92 Å². The number of anilines is 1. The second-order valence-corrected chi connectivity index (χ2v) is 7.89. The number of nitrogens with zero attached hydrogens (tertiary/aromatic N) is 1. The van der Waals surface area contributed by atoms with E-state index in [-0.39, 0.29) is 11.9 Å². The van der Waals surface area contributed by atoms with E-state index < -0.39 is 6.10 Å². The minimum atomic E-state index is -0.491. The monoisotopic (exact) mass is 442 g/mol. The lowest BCUT2D eigenvalue weighted by Gasteiger charge is -2.36. The number of nitrogens with one attached hydrogen (secondary N) is 1. The van der Waals surface area contributed by atoms with Gasteiger partial charge in [-0.1, -0.05) is 12.1 Å². The maximum Gasteiger partial charge on any atom is 0.338 e. The Balaban J connectivity index is 1.49. The Morgan fingerprint density at radius 3 is 2.32 bits per heavy atom. The molecule has 0 radical (unpaired) electrons. The standard InChI is InChI=1S/C24H30N2O4S/c1-3-29-21-11-7-17(8-12-21)22(27)18-13-15-26(16-14-18)24(31)25-20-9-5-19(6-10-20)23(28)30-4-2/h5-12,18,22,27H,3-4,13-16H2,1-2H3,(H,25,31)/t22-/m1/s1. The van der Waals surface area contributed by atoms with Crippen molar-refractivity contribution in [2.45, 2.75) is 32.8 Å². The molecular formula is C24H30N2O4S. The molecule has 2 N–H and O–H groups in total. The third kappa shape index (κ3) is 6.18. The number of ether oxygens (including phenoxy) is 2. The Kier molecular flexibility index (Phi) is 8.26. The van der Waals surface area contributed by atoms with Gasteiger partial charge in [-0.25, -0.2) is 4.79 Å². The van der Waals surface area contributed by atoms with Gasteiger partial charge in [0.25, 0.3) is 0 Å². The lowest BCUT2D eigenvalue weighted by atomic mass is 9.87. The van der Waals surface area contributed by atoms with Gasteiger partial charge in [0.2, 0.25) is 0 Å². The highest BCUT2D eigenvalue weighted by molar-refractivity contribution is 7.80. The summed E-state index contributed by atoms with van der Waals surface area (Å²) in [6.07, 6.45) is 1.23. The van der Waals surface area contributed by atoms with E-state index in [4.69, 9.17) is 21.7 Å². The fourth-order valence-electron chi connectivity index (χ4n) is 3.72. The van der Waals surface area contributed by atoms with Gasteiger partial charge in [-0.3, -0.25) is 0 Å². The van der Waals surface area contributed by atoms with Gasteiger partial charge in [-0.05, 0) is 86.8 Å². The first-order valence-electron chi connectivity index (χ1n) is 10.8. The highest BCUT2D eigenvalue weighted by Gasteiger charge is 2.27. The van der Waals surface area contributed by atoms with Gasteiger partial charge in [0.15, 0.2) is 5.11 Å². The van der Waals surface area contributed by atoms with Crippen molar-refractivity contribution in [3.8, 4) is 5.75 Å². The van der Waals surface area contributed by atoms with Crippen LogP contribution in [0.1, 0.15) is 48.7 Å². The zero-order valence-corrected chi connectivity index (χ0v) is 18.9. The summed E-state index contributed by atoms with van der Waals surface area (Å²) in [5, 5.41) is 14.7. The molecule has 0 saturated carbocycles. The molecule has 166 valence electrons. The van der Waals surface area contributed by atoms with Crippen LogP contribution in [0, 0.1) is 5.92 Å². The Labute approximate surface area is 189 Å². The van der Waals surface area contributed by atoms with Crippen molar-refractivity contribution in [1.82, 2.24) is 4.90 Å². The summed E-state index contributed by atoms with van der Waals surface area (Å²) in [6.45, 7) is 6.29. The molecule has 1 saturated heterocycles. The summed E-state index contributed by atoms with van der Waals surface area (Å²) in [4.78, 5) is 13.9. The fraction of sp³-hybridized carbons (Fsp3) is 0.417. The molecule has 0 unspecified atom stereocenters. The number of likely N-dealkylation sites (tertiary alicyclic amines) is 1. The van der Waals surface area contributed by atoms with Crippen molar-refractivity contribution in [3.05, 3.63) is 59.7 Å². The topological polar surface area (TPSA) is 71.0 Å². The molecule has 1 aliphatic rings. The van der Waals surface area contributed by atoms with Crippen LogP contribution < -0.4 is 10.1 Å². The molecule has 6 nitrogen and oxygen atoms in total. The quantitative estimate of drug-likeness (QED) is 0.486. The molecule has 0 aromatic heterocycles. The summed E-state index contributed by atoms with van der Waals surface area (Å²) in [5.74, 6) is 0.686. The zero-order chi connectivity index (χ0) is 22.2. The average molecular weight is 443 g/mol. The first-order chi connectivity index (χ1) is 15.0. The van der Waals surface area contributed by atoms with Crippen LogP contribution in [0.3, 0.4) is 0 Å². The van der Waals surface area contributed by atoms with Crippen LogP contribution in [0.4, 0.5) is 5.69 Å². The van der Waals surface area contributed by atoms with Gasteiger partial charge in [-0.2, -0.15) is 0 Å². The lowest BCUT2D eigenvalue weighted by molar-refractivity contribution is 0.0526. The minimum absolute atomic E-state index is 0.195. The lowest BCUT2D eigenvalue weighted by Crippen LogP contribution is -2.41. The van der Waals surface area contributed by atoms with Gasteiger partial charge < -0.3 is 24.8 Å². The number of esters is 1. The Hall–Kier alpha value is -2.64. The molecular weight excluding hydrogens is 412 g/mol. The summed E-state index contributed by atoms with van der Waals surface area (Å²) in [7, 11) is 0. The maximum absolute atomic E-state index is 11.8. The van der Waals surface area contributed by atoms with Gasteiger partial charge in [0.1, 0.15) is 5.75 Å². The number of thiocarbonyl (C=S) groups is 1. The molecule has 7 heteroatoms. The number of aliphatic hydroxyl groups excluding tert-OH is 1. The number of carbonyl (C=O) groups is 1. The fourth-order valence-corrected chi connectivity index (χ4v) is 4.03. The number of hydrogen-bond donors (Lipinski definition) is 2. The van der Waals surface area contributed by atoms with Crippen LogP contribution in [0.15, 0.2) is 48.5 Å². The second-order valence-electron chi connectivity index (χ2n) is 7.50. The number of piperidine rings is 1. The molecule has 2 aromatic carbocycles. The summed E-state index contributed by atoms with van der Waals surface area (Å²) >= 11 is 5.57. The van der Waals surface area contributed by atoms with Gasteiger partial charge >= 0.3 is 5.97 Å². The first kappa shape index (κ1) is 23.0. The van der Waals surface area contributed by atoms with E-state index in [1.807, 2.05) is 43.3 Å². The van der Waals surface area contributed by atoms with Crippen molar-refractivity contribution in [1.29, 1.82) is 0 Å². The summed E-state index contributed by atoms with van der Waals surface area (Å²) in [5.41, 5.74) is 2.27. The van der Waals surface area contributed by atoms with E-state index in [9.17, 15) is 9.90 Å². The van der Waals surface area contributed by atoms with E-state index in [0.717, 1.165) is 42.9 Å². The molecule has 0 bridgehead atoms. The molecule has 0 aliphatic carbocycles. The van der Waals surface area contributed by atoms with E-state index in [0.29, 0.717) is 23.9 Å². The molecule has 1 aliphatic heterocycles. The van der Waals surface area contributed by atoms with Crippen LogP contribution in [0.2, 0.25) is 0 Å². The first-order valence-corrected chi connectivity index (χ1v) is 11.2. The highest BCUT2D eigenvalue weighted by atomic mass is 32.1. The third-order valence-corrected chi connectivity index (χ3v) is 5.81. The normalized spacial score (nSPS) is 15.3. The number of rotatable bonds is 7. The van der Waals surface area contributed by atoms with Gasteiger partial charge in [-0.15, -0.1) is 0 Å². The smallest absolute Gasteiger partial charge is 0.338 e. The van der Waals surface area contributed by atoms with E-state index >= 15 is 0 Å². The van der Waals surface area contributed by atoms with E-state index in [2.05, 4.69) is 10.2 Å². The number of carbonyl (C=O) groups excluding carboxylic acids is 1. The molecule has 0 amide bonds. The summed E-state index contributed by atoms with van der Waals surface area (Å²) in [6, 6.07) is 14.8. The highest BCUT2D eigenvalue weighted by Crippen LogP contribution is 2.31. The van der Waals surface area contributed by atoms with Crippen LogP contribution >= 0.6 is 12.2 Å². The SMILES string of the molecule is CCOC(=O)c1ccc(NC(=S)N2CCC([C@H](O)c3ccc(OCC)cc3)CC2)cc1. The molecule has 3 rings (SSSR count). The largest absolute Gasteiger partial charge is 0.494 e. The zero-order valence-electron chi connectivity index (χ0n) is 18.0. The van der Waals surface area contributed by atoms with Crippen molar-refractivity contribution >= 4 is 29.0 Å². The van der Waals surface area contributed by atoms with Crippen molar-refractivity contribution in [2.75, 3.05) is 31.6 Å². The third-order valence-electron chi connectivity index (χ3n) is 5.45. The van der Waals surface area contributed by atoms with Crippen LogP contribution in [-0.4, -0.2) is 47.4 Å². The van der Waals surface area contributed by atoms with Crippen molar-refractivity contribution < 1.29 is 19.4 Å².